The number of ether oxygens (including phenoxy) is 3. The van der Waals surface area contributed by atoms with E-state index in [2.05, 4.69) is 55.1 Å². The fourth-order valence-corrected chi connectivity index (χ4v) is 6.99. The Morgan fingerprint density at radius 1 is 0.915 bits per heavy atom. The summed E-state index contributed by atoms with van der Waals surface area (Å²) in [5, 5.41) is 17.9. The molecule has 0 saturated carbocycles. The second-order valence-electron chi connectivity index (χ2n) is 14.6. The molecule has 0 radical (unpaired) electrons. The fourth-order valence-electron chi connectivity index (χ4n) is 6.13. The zero-order valence-electron chi connectivity index (χ0n) is 35.5. The van der Waals surface area contributed by atoms with Crippen LogP contribution in [0, 0.1) is 18.3 Å². The number of aromatic nitrogens is 1. The Bertz CT molecular complexity index is 1600. The van der Waals surface area contributed by atoms with Crippen LogP contribution in [0.3, 0.4) is 0 Å². The molecular formula is C43H66N6O9S. The van der Waals surface area contributed by atoms with Crippen molar-refractivity contribution in [3.8, 4) is 18.1 Å². The molecule has 0 saturated heterocycles. The lowest BCUT2D eigenvalue weighted by atomic mass is 9.95. The number of thiazole rings is 1. The summed E-state index contributed by atoms with van der Waals surface area (Å²) in [5.41, 5.74) is 5.57. The summed E-state index contributed by atoms with van der Waals surface area (Å²) in [5.74, 6) is 1.88. The zero-order valence-corrected chi connectivity index (χ0v) is 36.3. The van der Waals surface area contributed by atoms with E-state index < -0.39 is 30.1 Å². The van der Waals surface area contributed by atoms with Crippen LogP contribution < -0.4 is 21.5 Å². The van der Waals surface area contributed by atoms with E-state index in [9.17, 15) is 29.1 Å². The van der Waals surface area contributed by atoms with Crippen LogP contribution in [-0.2, 0) is 35.0 Å². The zero-order chi connectivity index (χ0) is 43.4. The molecule has 2 rings (SSSR count). The Hall–Kier alpha value is -4.72. The lowest BCUT2D eigenvalue weighted by Crippen LogP contribution is -2.44. The molecule has 15 nitrogen and oxygen atoms in total. The Morgan fingerprint density at radius 3 is 2.36 bits per heavy atom. The Morgan fingerprint density at radius 2 is 1.68 bits per heavy atom. The van der Waals surface area contributed by atoms with Crippen LogP contribution in [0.4, 0.5) is 4.79 Å². The molecule has 2 aromatic rings. The van der Waals surface area contributed by atoms with Crippen molar-refractivity contribution in [2.24, 2.45) is 5.92 Å². The van der Waals surface area contributed by atoms with E-state index in [0.29, 0.717) is 63.2 Å². The van der Waals surface area contributed by atoms with Crippen molar-refractivity contribution in [3.05, 3.63) is 45.9 Å². The highest BCUT2D eigenvalue weighted by molar-refractivity contribution is 7.09. The third-order valence-corrected chi connectivity index (χ3v) is 10.2. The third kappa shape index (κ3) is 20.7. The lowest BCUT2D eigenvalue weighted by Gasteiger charge is -2.36. The van der Waals surface area contributed by atoms with Crippen molar-refractivity contribution in [1.29, 1.82) is 0 Å². The van der Waals surface area contributed by atoms with Crippen molar-refractivity contribution < 1.29 is 43.3 Å². The molecule has 0 aliphatic rings. The van der Waals surface area contributed by atoms with Gasteiger partial charge in [-0.2, -0.15) is 0 Å². The van der Waals surface area contributed by atoms with Crippen molar-refractivity contribution >= 4 is 41.1 Å². The number of hydrogen-bond acceptors (Lipinski definition) is 11. The minimum absolute atomic E-state index is 0.0437. The van der Waals surface area contributed by atoms with Crippen LogP contribution in [0.2, 0.25) is 0 Å². The maximum Gasteiger partial charge on any atom is 0.426 e. The number of carbonyl (C=O) groups is 5. The number of amides is 5. The smallest absolute Gasteiger partial charge is 0.426 e. The number of aromatic hydroxyl groups is 1. The second-order valence-corrected chi connectivity index (χ2v) is 15.5. The second kappa shape index (κ2) is 29.5. The van der Waals surface area contributed by atoms with Gasteiger partial charge in [-0.15, -0.1) is 23.7 Å². The largest absolute Gasteiger partial charge is 0.508 e. The number of carbonyl (C=O) groups excluding carboxylic acids is 5. The quantitative estimate of drug-likeness (QED) is 0.0370. The summed E-state index contributed by atoms with van der Waals surface area (Å²) >= 11 is 1.34. The Labute approximate surface area is 354 Å². The molecule has 0 spiro atoms. The van der Waals surface area contributed by atoms with Gasteiger partial charge in [-0.25, -0.2) is 15.2 Å². The number of nitrogens with one attached hydrogen (secondary N) is 4. The van der Waals surface area contributed by atoms with E-state index in [4.69, 9.17) is 25.6 Å². The van der Waals surface area contributed by atoms with E-state index in [1.54, 1.807) is 29.6 Å². The van der Waals surface area contributed by atoms with Gasteiger partial charge in [0.2, 0.25) is 17.7 Å². The minimum Gasteiger partial charge on any atom is -0.508 e. The molecule has 1 heterocycles. The normalized spacial score (nSPS) is 12.5. The predicted molar refractivity (Wildman–Crippen MR) is 227 cm³/mol. The van der Waals surface area contributed by atoms with Gasteiger partial charge in [0.1, 0.15) is 29.2 Å². The van der Waals surface area contributed by atoms with Gasteiger partial charge < -0.3 is 34.9 Å². The first kappa shape index (κ1) is 50.4. The van der Waals surface area contributed by atoms with E-state index in [1.807, 2.05) is 11.8 Å². The predicted octanol–water partition coefficient (Wildman–Crippen LogP) is 5.97. The van der Waals surface area contributed by atoms with Gasteiger partial charge in [0, 0.05) is 69.3 Å². The summed E-state index contributed by atoms with van der Waals surface area (Å²) in [6, 6.07) is 6.01. The number of hydrazine groups is 1. The molecule has 0 bridgehead atoms. The average Bonchev–Trinajstić information content (AvgIpc) is 3.71. The van der Waals surface area contributed by atoms with Gasteiger partial charge in [0.25, 0.3) is 5.91 Å². The summed E-state index contributed by atoms with van der Waals surface area (Å²) in [6.07, 6.45) is 10.4. The number of phenolic OH excluding ortho intramolecular Hbond substituents is 1. The highest BCUT2D eigenvalue weighted by Crippen LogP contribution is 2.31. The van der Waals surface area contributed by atoms with E-state index in [1.165, 1.54) is 11.3 Å². The van der Waals surface area contributed by atoms with Gasteiger partial charge >= 0.3 is 6.09 Å². The molecule has 3 unspecified atom stereocenters. The minimum atomic E-state index is -0.876. The molecule has 0 fully saturated rings. The molecule has 0 aliphatic heterocycles. The summed E-state index contributed by atoms with van der Waals surface area (Å²) in [7, 11) is 0. The first-order chi connectivity index (χ1) is 28.4. The molecule has 1 aromatic carbocycles. The molecule has 0 aliphatic carbocycles. The van der Waals surface area contributed by atoms with Crippen molar-refractivity contribution in [3.63, 3.8) is 0 Å². The highest BCUT2D eigenvalue weighted by atomic mass is 32.1. The lowest BCUT2D eigenvalue weighted by molar-refractivity contribution is -0.136. The van der Waals surface area contributed by atoms with Gasteiger partial charge in [-0.3, -0.25) is 24.6 Å². The van der Waals surface area contributed by atoms with Gasteiger partial charge in [0.15, 0.2) is 0 Å². The standard InChI is InChI=1S/C43H66N6O9S/c1-7-11-13-14-38(51)44-22-25-56-26-27-58-43(55)48-47-39(52)21-18-33(28-32-16-19-34(50)20-17-32)45-41(54)35-30-59-42(46-35)37(57-24-10-4)29-36(31(5)6)49(23-9-3)40(53)15-12-8-2/h1,16-17,19-20,30-31,33,36-37,50H,8-15,18,21-29H2,2-6H3,(H,44,51)(H,45,54)(H,47,52)(H,48,55). The highest BCUT2D eigenvalue weighted by Gasteiger charge is 2.31. The van der Waals surface area contributed by atoms with Crippen LogP contribution in [0.15, 0.2) is 29.6 Å². The fraction of sp³-hybridized carbons (Fsp3) is 0.628. The van der Waals surface area contributed by atoms with Crippen LogP contribution in [0.1, 0.15) is 132 Å². The molecule has 5 N–H and O–H groups in total. The van der Waals surface area contributed by atoms with E-state index in [-0.39, 0.29) is 67.9 Å². The molecule has 5 amide bonds. The molecule has 328 valence electrons. The molecule has 16 heteroatoms. The molecular weight excluding hydrogens is 777 g/mol. The van der Waals surface area contributed by atoms with Crippen molar-refractivity contribution in [2.75, 3.05) is 39.5 Å². The summed E-state index contributed by atoms with van der Waals surface area (Å²) in [6.45, 7) is 12.1. The number of terminal acetylenes is 1. The van der Waals surface area contributed by atoms with Gasteiger partial charge in [-0.05, 0) is 62.1 Å². The van der Waals surface area contributed by atoms with Crippen LogP contribution in [0.5, 0.6) is 5.75 Å². The summed E-state index contributed by atoms with van der Waals surface area (Å²) < 4.78 is 16.7. The van der Waals surface area contributed by atoms with Crippen molar-refractivity contribution in [1.82, 2.24) is 31.4 Å². The van der Waals surface area contributed by atoms with Crippen LogP contribution in [0.25, 0.3) is 0 Å². The number of hydrogen-bond donors (Lipinski definition) is 5. The van der Waals surface area contributed by atoms with Crippen LogP contribution in [-0.4, -0.2) is 96.3 Å². The number of unbranched alkanes of at least 4 members (excludes halogenated alkanes) is 2. The number of benzene rings is 1. The first-order valence-corrected chi connectivity index (χ1v) is 21.7. The average molecular weight is 843 g/mol. The van der Waals surface area contributed by atoms with E-state index in [0.717, 1.165) is 31.2 Å². The number of phenols is 1. The van der Waals surface area contributed by atoms with Gasteiger partial charge in [-0.1, -0.05) is 53.2 Å². The van der Waals surface area contributed by atoms with Gasteiger partial charge in [0.05, 0.1) is 13.2 Å². The maximum absolute atomic E-state index is 13.7. The van der Waals surface area contributed by atoms with Crippen molar-refractivity contribution in [2.45, 2.75) is 130 Å². The molecule has 59 heavy (non-hydrogen) atoms. The Kier molecular flexibility index (Phi) is 25.2. The maximum atomic E-state index is 13.7. The van der Waals surface area contributed by atoms with E-state index >= 15 is 0 Å². The molecule has 3 atom stereocenters. The Balaban J connectivity index is 2.01. The first-order valence-electron chi connectivity index (χ1n) is 20.9. The summed E-state index contributed by atoms with van der Waals surface area (Å²) in [4.78, 5) is 70.2. The number of rotatable bonds is 29. The topological polar surface area (TPSA) is 198 Å². The SMILES string of the molecule is C#CCCCC(=O)NCCOCCOC(=O)NNC(=O)CCC(Cc1ccc(O)cc1)NC(=O)c1csc(C(CC(C(C)C)N(CCC)C(=O)CCCC)OCCC)n1. The van der Waals surface area contributed by atoms with Crippen LogP contribution >= 0.6 is 11.3 Å². The third-order valence-electron chi connectivity index (χ3n) is 9.24. The number of nitrogens with zero attached hydrogens (tertiary/aromatic N) is 2. The molecule has 1 aromatic heterocycles. The monoisotopic (exact) mass is 842 g/mol.